The highest BCUT2D eigenvalue weighted by atomic mass is 35.5. The molecule has 1 N–H and O–H groups in total. The Bertz CT molecular complexity index is 1350. The Labute approximate surface area is 219 Å². The molecule has 0 bridgehead atoms. The molecule has 1 amide bonds. The molecule has 0 radical (unpaired) electrons. The third-order valence-corrected chi connectivity index (χ3v) is 8.60. The first kappa shape index (κ1) is 23.6. The van der Waals surface area contributed by atoms with Gasteiger partial charge in [0.25, 0.3) is 0 Å². The Kier molecular flexibility index (Phi) is 6.73. The van der Waals surface area contributed by atoms with Gasteiger partial charge in [0.1, 0.15) is 5.69 Å². The molecular formula is C27H29ClN4O3S. The van der Waals surface area contributed by atoms with E-state index in [0.717, 1.165) is 53.4 Å². The maximum absolute atomic E-state index is 12.9. The van der Waals surface area contributed by atoms with E-state index in [9.17, 15) is 4.79 Å². The zero-order valence-electron chi connectivity index (χ0n) is 20.0. The molecule has 9 heteroatoms. The average Bonchev–Trinajstić information content (AvgIpc) is 3.68. The second-order valence-electron chi connectivity index (χ2n) is 9.70. The van der Waals surface area contributed by atoms with Gasteiger partial charge in [0, 0.05) is 42.7 Å². The molecule has 1 aromatic carbocycles. The second kappa shape index (κ2) is 10.3. The van der Waals surface area contributed by atoms with Crippen molar-refractivity contribution in [2.45, 2.75) is 57.2 Å². The number of hydrogen-bond donors (Lipinski definition) is 1. The number of aromatic nitrogens is 2. The van der Waals surface area contributed by atoms with E-state index in [1.54, 1.807) is 0 Å². The van der Waals surface area contributed by atoms with Crippen LogP contribution in [0.25, 0.3) is 21.5 Å². The fourth-order valence-corrected chi connectivity index (χ4v) is 6.50. The molecule has 36 heavy (non-hydrogen) atoms. The first-order valence-electron chi connectivity index (χ1n) is 12.6. The number of hydrogen-bond acceptors (Lipinski definition) is 6. The average molecular weight is 525 g/mol. The lowest BCUT2D eigenvalue weighted by molar-refractivity contribution is 0.139. The fraction of sp³-hybridized carbons (Fsp3) is 0.407. The van der Waals surface area contributed by atoms with E-state index < -0.39 is 6.09 Å². The largest absolute Gasteiger partial charge is 0.414 e. The number of likely N-dealkylation sites (tertiary alicyclic amines) is 1. The van der Waals surface area contributed by atoms with Crippen molar-refractivity contribution in [2.75, 3.05) is 13.1 Å². The summed E-state index contributed by atoms with van der Waals surface area (Å²) in [6.45, 7) is 2.50. The van der Waals surface area contributed by atoms with Gasteiger partial charge in [-0.25, -0.2) is 4.79 Å². The molecule has 2 fully saturated rings. The van der Waals surface area contributed by atoms with Crippen LogP contribution in [0.1, 0.15) is 44.2 Å². The van der Waals surface area contributed by atoms with Crippen molar-refractivity contribution >= 4 is 39.9 Å². The maximum Gasteiger partial charge on any atom is 0.414 e. The standard InChI is InChI=1S/C27H29ClN4O3S/c28-25-10-9-24(36-25)23-16-20(30-35-23)17-32-22-8-4-1-5-18(22)15-26(32)34-27(33)29-19-11-13-31(14-12-19)21-6-2-3-7-21/h1,4-5,8-10,15-16,19,21H,2-3,6-7,11-14,17H2,(H,29,33). The topological polar surface area (TPSA) is 72.5 Å². The lowest BCUT2D eigenvalue weighted by Crippen LogP contribution is -2.48. The second-order valence-corrected chi connectivity index (χ2v) is 11.4. The van der Waals surface area contributed by atoms with Gasteiger partial charge in [0.2, 0.25) is 5.88 Å². The van der Waals surface area contributed by atoms with Gasteiger partial charge < -0.3 is 24.0 Å². The van der Waals surface area contributed by atoms with Gasteiger partial charge >= 0.3 is 6.09 Å². The molecule has 3 aromatic heterocycles. The van der Waals surface area contributed by atoms with Crippen LogP contribution in [0.2, 0.25) is 4.34 Å². The molecule has 0 spiro atoms. The van der Waals surface area contributed by atoms with Crippen LogP contribution < -0.4 is 10.1 Å². The number of piperidine rings is 1. The molecule has 0 unspecified atom stereocenters. The van der Waals surface area contributed by atoms with Gasteiger partial charge in [-0.3, -0.25) is 0 Å². The van der Waals surface area contributed by atoms with Crippen LogP contribution in [0, 0.1) is 0 Å². The Hall–Kier alpha value is -2.81. The van der Waals surface area contributed by atoms with Gasteiger partial charge in [-0.1, -0.05) is 47.8 Å². The number of amides is 1. The van der Waals surface area contributed by atoms with Crippen LogP contribution >= 0.6 is 22.9 Å². The van der Waals surface area contributed by atoms with Gasteiger partial charge in [0.05, 0.1) is 21.3 Å². The van der Waals surface area contributed by atoms with Crippen molar-refractivity contribution in [3.8, 4) is 16.5 Å². The van der Waals surface area contributed by atoms with Crippen molar-refractivity contribution in [2.24, 2.45) is 0 Å². The predicted octanol–water partition coefficient (Wildman–Crippen LogP) is 6.55. The van der Waals surface area contributed by atoms with Gasteiger partial charge in [-0.15, -0.1) is 11.3 Å². The van der Waals surface area contributed by atoms with E-state index in [4.69, 9.17) is 20.9 Å². The van der Waals surface area contributed by atoms with Crippen LogP contribution in [-0.2, 0) is 6.54 Å². The van der Waals surface area contributed by atoms with Crippen LogP contribution in [0.3, 0.4) is 0 Å². The number of para-hydroxylation sites is 1. The Morgan fingerprint density at radius 3 is 2.69 bits per heavy atom. The van der Waals surface area contributed by atoms with E-state index in [-0.39, 0.29) is 6.04 Å². The Morgan fingerprint density at radius 2 is 1.92 bits per heavy atom. The number of ether oxygens (including phenoxy) is 1. The third-order valence-electron chi connectivity index (χ3n) is 7.36. The smallest absolute Gasteiger partial charge is 0.393 e. The summed E-state index contributed by atoms with van der Waals surface area (Å²) >= 11 is 7.51. The van der Waals surface area contributed by atoms with Crippen molar-refractivity contribution in [3.05, 3.63) is 58.6 Å². The number of fused-ring (bicyclic) bond motifs is 1. The summed E-state index contributed by atoms with van der Waals surface area (Å²) in [5.41, 5.74) is 1.70. The summed E-state index contributed by atoms with van der Waals surface area (Å²) in [5.74, 6) is 1.16. The molecule has 188 valence electrons. The lowest BCUT2D eigenvalue weighted by atomic mass is 10.0. The minimum Gasteiger partial charge on any atom is -0.393 e. The number of nitrogens with one attached hydrogen (secondary N) is 1. The minimum absolute atomic E-state index is 0.142. The van der Waals surface area contributed by atoms with Gasteiger partial charge in [0.15, 0.2) is 5.76 Å². The molecule has 2 aliphatic rings. The summed E-state index contributed by atoms with van der Waals surface area (Å²) < 4.78 is 14.1. The lowest BCUT2D eigenvalue weighted by Gasteiger charge is -2.36. The van der Waals surface area contributed by atoms with Crippen molar-refractivity contribution < 1.29 is 14.1 Å². The molecule has 6 rings (SSSR count). The fourth-order valence-electron chi connectivity index (χ4n) is 5.51. The molecule has 4 heterocycles. The summed E-state index contributed by atoms with van der Waals surface area (Å²) in [4.78, 5) is 16.4. The minimum atomic E-state index is -0.410. The van der Waals surface area contributed by atoms with Crippen molar-refractivity contribution in [1.29, 1.82) is 0 Å². The summed E-state index contributed by atoms with van der Waals surface area (Å²) in [7, 11) is 0. The van der Waals surface area contributed by atoms with E-state index in [2.05, 4.69) is 15.4 Å². The van der Waals surface area contributed by atoms with Crippen molar-refractivity contribution in [3.63, 3.8) is 0 Å². The number of nitrogens with zero attached hydrogens (tertiary/aromatic N) is 3. The third kappa shape index (κ3) is 5.03. The number of halogens is 1. The van der Waals surface area contributed by atoms with E-state index in [1.165, 1.54) is 37.0 Å². The monoisotopic (exact) mass is 524 g/mol. The van der Waals surface area contributed by atoms with Crippen LogP contribution in [0.5, 0.6) is 5.88 Å². The molecule has 0 atom stereocenters. The van der Waals surface area contributed by atoms with Crippen LogP contribution in [-0.4, -0.2) is 45.9 Å². The number of rotatable bonds is 6. The highest BCUT2D eigenvalue weighted by molar-refractivity contribution is 7.19. The van der Waals surface area contributed by atoms with Crippen LogP contribution in [0.15, 0.2) is 53.1 Å². The summed E-state index contributed by atoms with van der Waals surface area (Å²) in [6, 6.07) is 16.4. The maximum atomic E-state index is 12.9. The quantitative estimate of drug-likeness (QED) is 0.309. The number of carbonyl (C=O) groups excluding carboxylic acids is 1. The number of benzene rings is 1. The molecule has 1 aliphatic heterocycles. The molecule has 1 saturated heterocycles. The van der Waals surface area contributed by atoms with E-state index in [0.29, 0.717) is 22.5 Å². The molecule has 7 nitrogen and oxygen atoms in total. The predicted molar refractivity (Wildman–Crippen MR) is 142 cm³/mol. The molecule has 1 saturated carbocycles. The normalized spacial score (nSPS) is 17.7. The zero-order valence-corrected chi connectivity index (χ0v) is 21.6. The SMILES string of the molecule is O=C(NC1CCN(C2CCCC2)CC1)Oc1cc2ccccc2n1Cc1cc(-c2ccc(Cl)s2)on1. The van der Waals surface area contributed by atoms with E-state index >= 15 is 0 Å². The first-order valence-corrected chi connectivity index (χ1v) is 13.8. The van der Waals surface area contributed by atoms with Crippen LogP contribution in [0.4, 0.5) is 4.79 Å². The summed E-state index contributed by atoms with van der Waals surface area (Å²) in [5, 5.41) is 8.34. The van der Waals surface area contributed by atoms with E-state index in [1.807, 2.05) is 53.1 Å². The Balaban J connectivity index is 1.14. The molecular weight excluding hydrogens is 496 g/mol. The number of carbonyl (C=O) groups is 1. The molecule has 4 aromatic rings. The highest BCUT2D eigenvalue weighted by Gasteiger charge is 2.28. The summed E-state index contributed by atoms with van der Waals surface area (Å²) in [6.07, 6.45) is 6.85. The highest BCUT2D eigenvalue weighted by Crippen LogP contribution is 2.33. The van der Waals surface area contributed by atoms with Gasteiger partial charge in [-0.05, 0) is 43.9 Å². The zero-order chi connectivity index (χ0) is 24.5. The first-order chi connectivity index (χ1) is 17.6. The number of thiophene rings is 1. The van der Waals surface area contributed by atoms with Gasteiger partial charge in [-0.2, -0.15) is 0 Å². The molecule has 1 aliphatic carbocycles. The Morgan fingerprint density at radius 1 is 1.11 bits per heavy atom. The van der Waals surface area contributed by atoms with Crippen molar-refractivity contribution in [1.82, 2.24) is 19.9 Å².